The number of piperazine rings is 1. The van der Waals surface area contributed by atoms with Gasteiger partial charge in [0.2, 0.25) is 11.7 Å². The zero-order valence-corrected chi connectivity index (χ0v) is 18.1. The smallest absolute Gasteiger partial charge is 0.339 e. The van der Waals surface area contributed by atoms with E-state index >= 15 is 0 Å². The highest BCUT2D eigenvalue weighted by molar-refractivity contribution is 5.89. The molecule has 0 N–H and O–H groups in total. The summed E-state index contributed by atoms with van der Waals surface area (Å²) < 4.78 is 10.6. The average molecular weight is 422 g/mol. The van der Waals surface area contributed by atoms with Crippen molar-refractivity contribution in [1.29, 1.82) is 0 Å². The van der Waals surface area contributed by atoms with Crippen LogP contribution in [0.2, 0.25) is 0 Å². The third kappa shape index (κ3) is 4.74. The van der Waals surface area contributed by atoms with Crippen LogP contribution in [-0.4, -0.2) is 58.8 Å². The van der Waals surface area contributed by atoms with Gasteiger partial charge < -0.3 is 14.2 Å². The Morgan fingerprint density at radius 3 is 2.52 bits per heavy atom. The molecule has 8 heteroatoms. The lowest BCUT2D eigenvalue weighted by Gasteiger charge is -2.37. The Hall–Kier alpha value is -3.26. The number of carbonyl (C=O) groups is 1. The maximum atomic E-state index is 11.8. The summed E-state index contributed by atoms with van der Waals surface area (Å²) in [7, 11) is 0. The molecule has 0 saturated carbocycles. The summed E-state index contributed by atoms with van der Waals surface area (Å²) in [5, 5.41) is 4.16. The van der Waals surface area contributed by atoms with E-state index in [4.69, 9.17) is 9.26 Å². The molecular formula is C23H27N5O3. The fraction of sp³-hybridized carbons (Fsp3) is 0.391. The van der Waals surface area contributed by atoms with Gasteiger partial charge in [0.1, 0.15) is 5.82 Å². The number of nitrogens with zero attached hydrogens (tertiary/aromatic N) is 5. The van der Waals surface area contributed by atoms with E-state index in [0.717, 1.165) is 37.6 Å². The highest BCUT2D eigenvalue weighted by Crippen LogP contribution is 2.25. The topological polar surface area (TPSA) is 84.6 Å². The van der Waals surface area contributed by atoms with Gasteiger partial charge >= 0.3 is 5.97 Å². The molecule has 4 rings (SSSR count). The Morgan fingerprint density at radius 1 is 1.13 bits per heavy atom. The average Bonchev–Trinajstić information content (AvgIpc) is 3.30. The summed E-state index contributed by atoms with van der Waals surface area (Å²) in [5.74, 6) is 1.76. The van der Waals surface area contributed by atoms with Crippen molar-refractivity contribution in [2.24, 2.45) is 0 Å². The van der Waals surface area contributed by atoms with Crippen molar-refractivity contribution < 1.29 is 14.1 Å². The van der Waals surface area contributed by atoms with E-state index in [9.17, 15) is 4.79 Å². The predicted octanol–water partition coefficient (Wildman–Crippen LogP) is 3.50. The second-order valence-corrected chi connectivity index (χ2v) is 7.65. The minimum Gasteiger partial charge on any atom is -0.462 e. The number of hydrogen-bond donors (Lipinski definition) is 0. The van der Waals surface area contributed by atoms with Crippen LogP contribution in [0.5, 0.6) is 0 Å². The highest BCUT2D eigenvalue weighted by Gasteiger charge is 2.26. The van der Waals surface area contributed by atoms with E-state index in [1.54, 1.807) is 19.2 Å². The van der Waals surface area contributed by atoms with Gasteiger partial charge in [-0.1, -0.05) is 35.0 Å². The Morgan fingerprint density at radius 2 is 1.87 bits per heavy atom. The fourth-order valence-corrected chi connectivity index (χ4v) is 3.63. The normalized spacial score (nSPS) is 15.6. The molecule has 1 aliphatic rings. The fourth-order valence-electron chi connectivity index (χ4n) is 3.63. The number of benzene rings is 1. The lowest BCUT2D eigenvalue weighted by molar-refractivity contribution is 0.0526. The van der Waals surface area contributed by atoms with E-state index in [-0.39, 0.29) is 12.0 Å². The van der Waals surface area contributed by atoms with Gasteiger partial charge in [0, 0.05) is 37.9 Å². The number of hydrogen-bond acceptors (Lipinski definition) is 8. The molecule has 1 saturated heterocycles. The summed E-state index contributed by atoms with van der Waals surface area (Å²) in [5.41, 5.74) is 2.62. The Balaban J connectivity index is 1.35. The van der Waals surface area contributed by atoms with Gasteiger partial charge in [0.25, 0.3) is 0 Å². The molecule has 1 aromatic carbocycles. The first-order valence-corrected chi connectivity index (χ1v) is 10.6. The van der Waals surface area contributed by atoms with Crippen LogP contribution in [0.1, 0.15) is 41.7 Å². The Labute approximate surface area is 181 Å². The summed E-state index contributed by atoms with van der Waals surface area (Å²) in [6.07, 6.45) is 1.58. The SMILES string of the molecule is CCOC(=O)c1ccc(N2CCN([C@H](C)c3nc(-c4ccc(C)cc4)no3)CC2)nc1. The van der Waals surface area contributed by atoms with Crippen LogP contribution in [0, 0.1) is 6.92 Å². The molecule has 0 radical (unpaired) electrons. The summed E-state index contributed by atoms with van der Waals surface area (Å²) in [6.45, 7) is 9.65. The van der Waals surface area contributed by atoms with Crippen molar-refractivity contribution in [1.82, 2.24) is 20.0 Å². The van der Waals surface area contributed by atoms with Gasteiger partial charge in [-0.05, 0) is 32.9 Å². The first kappa shape index (κ1) is 21.0. The molecule has 2 aromatic heterocycles. The molecule has 3 heterocycles. The summed E-state index contributed by atoms with van der Waals surface area (Å²) in [6, 6.07) is 11.8. The lowest BCUT2D eigenvalue weighted by Crippen LogP contribution is -2.47. The molecule has 1 atom stereocenters. The number of esters is 1. The number of carbonyl (C=O) groups excluding carboxylic acids is 1. The number of rotatable bonds is 6. The Kier molecular flexibility index (Phi) is 6.27. The van der Waals surface area contributed by atoms with Crippen molar-refractivity contribution in [3.63, 3.8) is 0 Å². The van der Waals surface area contributed by atoms with Crippen molar-refractivity contribution in [3.8, 4) is 11.4 Å². The molecule has 0 unspecified atom stereocenters. The minimum atomic E-state index is -0.343. The highest BCUT2D eigenvalue weighted by atomic mass is 16.5. The van der Waals surface area contributed by atoms with Crippen LogP contribution in [0.3, 0.4) is 0 Å². The van der Waals surface area contributed by atoms with Crippen molar-refractivity contribution >= 4 is 11.8 Å². The maximum absolute atomic E-state index is 11.8. The standard InChI is InChI=1S/C23H27N5O3/c1-4-30-23(29)19-9-10-20(24-15-19)28-13-11-27(12-14-28)17(3)22-25-21(26-31-22)18-7-5-16(2)6-8-18/h5-10,15,17H,4,11-14H2,1-3H3/t17-/m1/s1. The lowest BCUT2D eigenvalue weighted by atomic mass is 10.1. The van der Waals surface area contributed by atoms with Crippen LogP contribution in [0.25, 0.3) is 11.4 Å². The van der Waals surface area contributed by atoms with E-state index in [0.29, 0.717) is 23.9 Å². The van der Waals surface area contributed by atoms with E-state index < -0.39 is 0 Å². The van der Waals surface area contributed by atoms with Gasteiger partial charge in [-0.25, -0.2) is 9.78 Å². The third-order valence-electron chi connectivity index (χ3n) is 5.55. The first-order valence-electron chi connectivity index (χ1n) is 10.6. The van der Waals surface area contributed by atoms with Crippen molar-refractivity contribution in [2.45, 2.75) is 26.8 Å². The molecule has 0 aliphatic carbocycles. The minimum absolute atomic E-state index is 0.0352. The second-order valence-electron chi connectivity index (χ2n) is 7.65. The third-order valence-corrected chi connectivity index (χ3v) is 5.55. The van der Waals surface area contributed by atoms with Crippen LogP contribution in [0.15, 0.2) is 47.1 Å². The van der Waals surface area contributed by atoms with Gasteiger partial charge in [-0.15, -0.1) is 0 Å². The zero-order chi connectivity index (χ0) is 21.8. The second kappa shape index (κ2) is 9.26. The predicted molar refractivity (Wildman–Crippen MR) is 117 cm³/mol. The number of pyridine rings is 1. The van der Waals surface area contributed by atoms with Gasteiger partial charge in [0.05, 0.1) is 18.2 Å². The van der Waals surface area contributed by atoms with Crippen molar-refractivity contribution in [2.75, 3.05) is 37.7 Å². The summed E-state index contributed by atoms with van der Waals surface area (Å²) >= 11 is 0. The van der Waals surface area contributed by atoms with E-state index in [1.165, 1.54) is 5.56 Å². The molecule has 0 spiro atoms. The van der Waals surface area contributed by atoms with Crippen LogP contribution >= 0.6 is 0 Å². The van der Waals surface area contributed by atoms with Gasteiger partial charge in [-0.2, -0.15) is 4.98 Å². The number of aromatic nitrogens is 3. The van der Waals surface area contributed by atoms with Gasteiger partial charge in [0.15, 0.2) is 0 Å². The molecule has 0 bridgehead atoms. The molecule has 8 nitrogen and oxygen atoms in total. The molecule has 0 amide bonds. The zero-order valence-electron chi connectivity index (χ0n) is 18.1. The first-order chi connectivity index (χ1) is 15.0. The Bertz CT molecular complexity index is 1010. The number of anilines is 1. The molecule has 3 aromatic rings. The van der Waals surface area contributed by atoms with Crippen LogP contribution < -0.4 is 4.90 Å². The monoisotopic (exact) mass is 421 g/mol. The molecule has 31 heavy (non-hydrogen) atoms. The molecule has 1 aliphatic heterocycles. The number of ether oxygens (including phenoxy) is 1. The molecule has 1 fully saturated rings. The van der Waals surface area contributed by atoms with Crippen molar-refractivity contribution in [3.05, 3.63) is 59.6 Å². The van der Waals surface area contributed by atoms with E-state index in [2.05, 4.69) is 38.8 Å². The van der Waals surface area contributed by atoms with Crippen LogP contribution in [0.4, 0.5) is 5.82 Å². The molecular weight excluding hydrogens is 394 g/mol. The largest absolute Gasteiger partial charge is 0.462 e. The molecule has 162 valence electrons. The summed E-state index contributed by atoms with van der Waals surface area (Å²) in [4.78, 5) is 25.4. The van der Waals surface area contributed by atoms with Gasteiger partial charge in [-0.3, -0.25) is 4.90 Å². The maximum Gasteiger partial charge on any atom is 0.339 e. The quantitative estimate of drug-likeness (QED) is 0.559. The van der Waals surface area contributed by atoms with Crippen LogP contribution in [-0.2, 0) is 4.74 Å². The number of aryl methyl sites for hydroxylation is 1. The van der Waals surface area contributed by atoms with E-state index in [1.807, 2.05) is 30.3 Å².